The van der Waals surface area contributed by atoms with Gasteiger partial charge in [0, 0.05) is 11.9 Å². The summed E-state index contributed by atoms with van der Waals surface area (Å²) in [6, 6.07) is 0.722. The van der Waals surface area contributed by atoms with Gasteiger partial charge < -0.3 is 5.43 Å². The van der Waals surface area contributed by atoms with Crippen molar-refractivity contribution in [3.8, 4) is 0 Å². The predicted molar refractivity (Wildman–Crippen MR) is 60.7 cm³/mol. The van der Waals surface area contributed by atoms with Crippen LogP contribution in [0.2, 0.25) is 0 Å². The maximum atomic E-state index is 12.7. The standard InChI is InChI=1S/C11H12F6N4/c1-7-4-9(20-18-7,5-10(12,13)14)6-21-3-2-8(19-21)11(15,16)17/h2-4,18,20H,5-6H2,1H3. The van der Waals surface area contributed by atoms with E-state index in [4.69, 9.17) is 0 Å². The van der Waals surface area contributed by atoms with Gasteiger partial charge in [-0.05, 0) is 19.1 Å². The molecule has 0 fully saturated rings. The molecule has 2 heterocycles. The normalized spacial score (nSPS) is 23.1. The van der Waals surface area contributed by atoms with Gasteiger partial charge in [0.2, 0.25) is 0 Å². The Bertz CT molecular complexity index is 544. The molecule has 1 aliphatic rings. The SMILES string of the molecule is CC1=CC(Cn2ccc(C(F)(F)F)n2)(CC(F)(F)F)NN1. The fourth-order valence-corrected chi connectivity index (χ4v) is 2.19. The summed E-state index contributed by atoms with van der Waals surface area (Å²) in [5.74, 6) is 0. The second kappa shape index (κ2) is 4.93. The highest BCUT2D eigenvalue weighted by Crippen LogP contribution is 2.32. The first-order valence-corrected chi connectivity index (χ1v) is 5.89. The average Bonchev–Trinajstić information content (AvgIpc) is 2.83. The van der Waals surface area contributed by atoms with Gasteiger partial charge in [0.15, 0.2) is 5.69 Å². The molecule has 0 saturated heterocycles. The third-order valence-electron chi connectivity index (χ3n) is 2.89. The first-order chi connectivity index (χ1) is 9.49. The first-order valence-electron chi connectivity index (χ1n) is 5.89. The largest absolute Gasteiger partial charge is 0.435 e. The number of nitrogens with one attached hydrogen (secondary N) is 2. The van der Waals surface area contributed by atoms with Gasteiger partial charge in [0.25, 0.3) is 0 Å². The summed E-state index contributed by atoms with van der Waals surface area (Å²) < 4.78 is 76.2. The summed E-state index contributed by atoms with van der Waals surface area (Å²) >= 11 is 0. The maximum absolute atomic E-state index is 12.7. The fourth-order valence-electron chi connectivity index (χ4n) is 2.19. The van der Waals surface area contributed by atoms with E-state index < -0.39 is 30.0 Å². The van der Waals surface area contributed by atoms with Gasteiger partial charge in [-0.15, -0.1) is 0 Å². The smallest absolute Gasteiger partial charge is 0.325 e. The average molecular weight is 314 g/mol. The Morgan fingerprint density at radius 3 is 2.33 bits per heavy atom. The van der Waals surface area contributed by atoms with Crippen LogP contribution in [0.25, 0.3) is 0 Å². The second-order valence-corrected chi connectivity index (χ2v) is 4.92. The Morgan fingerprint density at radius 2 is 1.90 bits per heavy atom. The van der Waals surface area contributed by atoms with E-state index >= 15 is 0 Å². The lowest BCUT2D eigenvalue weighted by atomic mass is 9.95. The number of aromatic nitrogens is 2. The summed E-state index contributed by atoms with van der Waals surface area (Å²) in [5, 5.41) is 3.27. The van der Waals surface area contributed by atoms with Gasteiger partial charge in [-0.1, -0.05) is 0 Å². The Kier molecular flexibility index (Phi) is 3.68. The highest BCUT2D eigenvalue weighted by molar-refractivity contribution is 5.18. The highest BCUT2D eigenvalue weighted by Gasteiger charge is 2.44. The minimum atomic E-state index is -4.63. The summed E-state index contributed by atoms with van der Waals surface area (Å²) in [4.78, 5) is 0. The Labute approximate surface area is 115 Å². The van der Waals surface area contributed by atoms with Crippen LogP contribution in [0, 0.1) is 0 Å². The third kappa shape index (κ3) is 3.90. The van der Waals surface area contributed by atoms with E-state index in [1.54, 1.807) is 6.92 Å². The van der Waals surface area contributed by atoms with E-state index in [0.717, 1.165) is 16.9 Å². The molecule has 0 aliphatic carbocycles. The van der Waals surface area contributed by atoms with Crippen molar-refractivity contribution in [2.24, 2.45) is 0 Å². The monoisotopic (exact) mass is 314 g/mol. The number of hydrazine groups is 1. The highest BCUT2D eigenvalue weighted by atomic mass is 19.4. The van der Waals surface area contributed by atoms with Crippen LogP contribution in [-0.2, 0) is 12.7 Å². The molecule has 0 bridgehead atoms. The fraction of sp³-hybridized carbons (Fsp3) is 0.545. The molecule has 0 spiro atoms. The number of halogens is 6. The summed E-state index contributed by atoms with van der Waals surface area (Å²) in [5.41, 5.74) is 2.75. The molecule has 0 amide bonds. The van der Waals surface area contributed by atoms with Crippen LogP contribution < -0.4 is 10.9 Å². The van der Waals surface area contributed by atoms with E-state index in [9.17, 15) is 26.3 Å². The number of rotatable bonds is 3. The molecule has 2 N–H and O–H groups in total. The predicted octanol–water partition coefficient (Wildman–Crippen LogP) is 2.60. The van der Waals surface area contributed by atoms with Crippen molar-refractivity contribution in [2.45, 2.75) is 37.8 Å². The van der Waals surface area contributed by atoms with Crippen molar-refractivity contribution in [1.82, 2.24) is 20.6 Å². The molecule has 0 radical (unpaired) electrons. The summed E-state index contributed by atoms with van der Waals surface area (Å²) in [7, 11) is 0. The summed E-state index contributed by atoms with van der Waals surface area (Å²) in [6.07, 6.45) is -8.03. The molecule has 1 aromatic rings. The zero-order chi connectivity index (χ0) is 15.9. The zero-order valence-corrected chi connectivity index (χ0v) is 10.8. The molecular weight excluding hydrogens is 302 g/mol. The van der Waals surface area contributed by atoms with Crippen LogP contribution in [0.15, 0.2) is 24.0 Å². The number of hydrogen-bond donors (Lipinski definition) is 2. The minimum Gasteiger partial charge on any atom is -0.325 e. The van der Waals surface area contributed by atoms with Crippen LogP contribution in [0.4, 0.5) is 26.3 Å². The van der Waals surface area contributed by atoms with E-state index in [2.05, 4.69) is 16.0 Å². The van der Waals surface area contributed by atoms with Crippen molar-refractivity contribution >= 4 is 0 Å². The lowest BCUT2D eigenvalue weighted by Gasteiger charge is -2.28. The van der Waals surface area contributed by atoms with Crippen molar-refractivity contribution in [3.05, 3.63) is 29.7 Å². The molecule has 1 aliphatic heterocycles. The van der Waals surface area contributed by atoms with Gasteiger partial charge >= 0.3 is 12.4 Å². The first kappa shape index (κ1) is 15.7. The van der Waals surface area contributed by atoms with E-state index in [1.165, 1.54) is 6.08 Å². The van der Waals surface area contributed by atoms with Crippen LogP contribution in [0.1, 0.15) is 19.0 Å². The van der Waals surface area contributed by atoms with E-state index in [0.29, 0.717) is 5.70 Å². The Morgan fingerprint density at radius 1 is 1.24 bits per heavy atom. The lowest BCUT2D eigenvalue weighted by molar-refractivity contribution is -0.148. The van der Waals surface area contributed by atoms with Crippen LogP contribution in [0.5, 0.6) is 0 Å². The molecular formula is C11H12F6N4. The van der Waals surface area contributed by atoms with Crippen molar-refractivity contribution in [1.29, 1.82) is 0 Å². The molecule has 1 unspecified atom stereocenters. The van der Waals surface area contributed by atoms with Crippen molar-refractivity contribution < 1.29 is 26.3 Å². The summed E-state index contributed by atoms with van der Waals surface area (Å²) in [6.45, 7) is 1.17. The molecule has 4 nitrogen and oxygen atoms in total. The van der Waals surface area contributed by atoms with Crippen LogP contribution in [-0.4, -0.2) is 21.5 Å². The van der Waals surface area contributed by atoms with Crippen molar-refractivity contribution in [2.75, 3.05) is 0 Å². The second-order valence-electron chi connectivity index (χ2n) is 4.92. The van der Waals surface area contributed by atoms with Gasteiger partial charge in [-0.2, -0.15) is 31.4 Å². The Balaban J connectivity index is 2.23. The lowest BCUT2D eigenvalue weighted by Crippen LogP contribution is -2.50. The zero-order valence-electron chi connectivity index (χ0n) is 10.8. The van der Waals surface area contributed by atoms with Gasteiger partial charge in [-0.3, -0.25) is 4.68 Å². The number of nitrogens with zero attached hydrogens (tertiary/aromatic N) is 2. The topological polar surface area (TPSA) is 41.9 Å². The molecule has 118 valence electrons. The molecule has 1 aromatic heterocycles. The molecule has 2 rings (SSSR count). The van der Waals surface area contributed by atoms with Gasteiger partial charge in [-0.25, -0.2) is 5.43 Å². The van der Waals surface area contributed by atoms with E-state index in [1.807, 2.05) is 0 Å². The van der Waals surface area contributed by atoms with Crippen LogP contribution >= 0.6 is 0 Å². The molecule has 21 heavy (non-hydrogen) atoms. The maximum Gasteiger partial charge on any atom is 0.435 e. The van der Waals surface area contributed by atoms with Crippen molar-refractivity contribution in [3.63, 3.8) is 0 Å². The Hall–Kier alpha value is -1.71. The third-order valence-corrected chi connectivity index (χ3v) is 2.89. The number of alkyl halides is 6. The van der Waals surface area contributed by atoms with Crippen LogP contribution in [0.3, 0.4) is 0 Å². The number of allylic oxidation sites excluding steroid dienone is 1. The van der Waals surface area contributed by atoms with Gasteiger partial charge in [0.05, 0.1) is 18.5 Å². The van der Waals surface area contributed by atoms with Gasteiger partial charge in [0.1, 0.15) is 0 Å². The minimum absolute atomic E-state index is 0.382. The molecule has 0 aromatic carbocycles. The quantitative estimate of drug-likeness (QED) is 0.843. The van der Waals surface area contributed by atoms with E-state index in [-0.39, 0.29) is 6.54 Å². The molecule has 1 atom stereocenters. The molecule has 0 saturated carbocycles. The molecule has 10 heteroatoms. The number of hydrogen-bond acceptors (Lipinski definition) is 3.